The molecular weight excluding hydrogens is 276 g/mol. The molecule has 2 unspecified atom stereocenters. The molecule has 3 aliphatic rings. The fraction of sp³-hybridized carbons (Fsp3) is 0.391. The normalized spacial score (nSPS) is 30.9. The van der Waals surface area contributed by atoms with Gasteiger partial charge in [0.05, 0.1) is 0 Å². The van der Waals surface area contributed by atoms with Crippen molar-refractivity contribution in [2.75, 3.05) is 0 Å². The molecule has 3 aliphatic carbocycles. The average Bonchev–Trinajstić information content (AvgIpc) is 2.54. The Kier molecular flexibility index (Phi) is 3.10. The fourth-order valence-corrected chi connectivity index (χ4v) is 4.69. The molecule has 0 heteroatoms. The van der Waals surface area contributed by atoms with Crippen LogP contribution in [0.3, 0.4) is 0 Å². The first-order chi connectivity index (χ1) is 10.9. The van der Waals surface area contributed by atoms with Gasteiger partial charge in [0.15, 0.2) is 0 Å². The van der Waals surface area contributed by atoms with Crippen molar-refractivity contribution in [3.63, 3.8) is 0 Å². The molecule has 0 amide bonds. The van der Waals surface area contributed by atoms with E-state index < -0.39 is 0 Å². The highest BCUT2D eigenvalue weighted by molar-refractivity contribution is 5.87. The standard InChI is InChI=1S/C23H26/c1-5-23(4)13-12-17-16(14-23)10-11-18-19-8-6-7-9-21(19)22(2,3)15-20(17)18/h5-11,15,17H,1,12-14H2,2-4H3. The number of benzene rings is 1. The van der Waals surface area contributed by atoms with E-state index in [1.807, 2.05) is 0 Å². The lowest BCUT2D eigenvalue weighted by Gasteiger charge is -2.43. The Morgan fingerprint density at radius 3 is 2.70 bits per heavy atom. The van der Waals surface area contributed by atoms with Crippen molar-refractivity contribution in [2.45, 2.75) is 45.4 Å². The van der Waals surface area contributed by atoms with Crippen molar-refractivity contribution in [3.8, 4) is 0 Å². The van der Waals surface area contributed by atoms with Gasteiger partial charge in [-0.15, -0.1) is 6.58 Å². The maximum absolute atomic E-state index is 4.07. The van der Waals surface area contributed by atoms with Crippen LogP contribution in [0.25, 0.3) is 5.57 Å². The average molecular weight is 302 g/mol. The maximum atomic E-state index is 4.07. The van der Waals surface area contributed by atoms with Gasteiger partial charge in [-0.2, -0.15) is 0 Å². The minimum Gasteiger partial charge on any atom is -0.103 e. The minimum atomic E-state index is 0.116. The summed E-state index contributed by atoms with van der Waals surface area (Å²) in [6, 6.07) is 8.93. The molecule has 0 N–H and O–H groups in total. The van der Waals surface area contributed by atoms with Crippen LogP contribution in [0, 0.1) is 11.3 Å². The predicted octanol–water partition coefficient (Wildman–Crippen LogP) is 6.22. The van der Waals surface area contributed by atoms with Crippen LogP contribution in [0.4, 0.5) is 0 Å². The van der Waals surface area contributed by atoms with Gasteiger partial charge in [0.2, 0.25) is 0 Å². The van der Waals surface area contributed by atoms with E-state index in [-0.39, 0.29) is 10.8 Å². The minimum absolute atomic E-state index is 0.116. The molecule has 4 rings (SSSR count). The summed E-state index contributed by atoms with van der Waals surface area (Å²) < 4.78 is 0. The quantitative estimate of drug-likeness (QED) is 0.540. The summed E-state index contributed by atoms with van der Waals surface area (Å²) in [6.45, 7) is 11.1. The van der Waals surface area contributed by atoms with Crippen molar-refractivity contribution >= 4 is 5.57 Å². The lowest BCUT2D eigenvalue weighted by atomic mass is 9.61. The second-order valence-electron chi connectivity index (χ2n) is 8.32. The van der Waals surface area contributed by atoms with Gasteiger partial charge >= 0.3 is 0 Å². The van der Waals surface area contributed by atoms with Crippen LogP contribution in [0.5, 0.6) is 0 Å². The summed E-state index contributed by atoms with van der Waals surface area (Å²) in [5.41, 5.74) is 7.90. The van der Waals surface area contributed by atoms with Gasteiger partial charge in [-0.3, -0.25) is 0 Å². The van der Waals surface area contributed by atoms with Crippen molar-refractivity contribution in [1.82, 2.24) is 0 Å². The molecule has 1 aromatic rings. The third-order valence-corrected chi connectivity index (χ3v) is 6.13. The van der Waals surface area contributed by atoms with Crippen LogP contribution < -0.4 is 0 Å². The van der Waals surface area contributed by atoms with E-state index in [0.717, 1.165) is 6.42 Å². The van der Waals surface area contributed by atoms with Crippen molar-refractivity contribution in [3.05, 3.63) is 77.4 Å². The Morgan fingerprint density at radius 2 is 1.91 bits per heavy atom. The molecule has 0 saturated heterocycles. The lowest BCUT2D eigenvalue weighted by molar-refractivity contribution is 0.304. The molecule has 0 radical (unpaired) electrons. The highest BCUT2D eigenvalue weighted by atomic mass is 14.4. The first-order valence-corrected chi connectivity index (χ1v) is 8.81. The van der Waals surface area contributed by atoms with Gasteiger partial charge in [0.25, 0.3) is 0 Å². The Morgan fingerprint density at radius 1 is 1.13 bits per heavy atom. The third-order valence-electron chi connectivity index (χ3n) is 6.13. The molecular formula is C23H26. The predicted molar refractivity (Wildman–Crippen MR) is 99.3 cm³/mol. The molecule has 0 spiro atoms. The van der Waals surface area contributed by atoms with E-state index in [2.05, 4.69) is 75.9 Å². The molecule has 23 heavy (non-hydrogen) atoms. The van der Waals surface area contributed by atoms with Gasteiger partial charge in [-0.1, -0.05) is 74.9 Å². The Hall–Kier alpha value is -1.82. The number of allylic oxidation sites excluding steroid dienone is 7. The summed E-state index contributed by atoms with van der Waals surface area (Å²) in [4.78, 5) is 0. The molecule has 0 aliphatic heterocycles. The Bertz CT molecular complexity index is 769. The van der Waals surface area contributed by atoms with Crippen LogP contribution in [0.2, 0.25) is 0 Å². The number of fused-ring (bicyclic) bond motifs is 5. The van der Waals surface area contributed by atoms with Gasteiger partial charge < -0.3 is 0 Å². The third kappa shape index (κ3) is 2.19. The van der Waals surface area contributed by atoms with E-state index in [1.54, 1.807) is 11.1 Å². The maximum Gasteiger partial charge on any atom is 0.00877 e. The molecule has 0 nitrogen and oxygen atoms in total. The Labute approximate surface area is 140 Å². The first-order valence-electron chi connectivity index (χ1n) is 8.81. The zero-order valence-electron chi connectivity index (χ0n) is 14.5. The largest absolute Gasteiger partial charge is 0.103 e. The van der Waals surface area contributed by atoms with Crippen LogP contribution >= 0.6 is 0 Å². The summed E-state index contributed by atoms with van der Waals surface area (Å²) in [6.07, 6.45) is 13.1. The molecule has 118 valence electrons. The smallest absolute Gasteiger partial charge is 0.00877 e. The van der Waals surface area contributed by atoms with E-state index in [9.17, 15) is 0 Å². The molecule has 1 fully saturated rings. The molecule has 0 aromatic heterocycles. The summed E-state index contributed by atoms with van der Waals surface area (Å²) in [5, 5.41) is 0. The summed E-state index contributed by atoms with van der Waals surface area (Å²) in [5.74, 6) is 0.607. The molecule has 0 bridgehead atoms. The Balaban J connectivity index is 1.85. The van der Waals surface area contributed by atoms with E-state index >= 15 is 0 Å². The highest BCUT2D eigenvalue weighted by Crippen LogP contribution is 2.53. The first kappa shape index (κ1) is 14.8. The van der Waals surface area contributed by atoms with Crippen LogP contribution in [0.15, 0.2) is 66.3 Å². The van der Waals surface area contributed by atoms with Crippen LogP contribution in [-0.4, -0.2) is 0 Å². The monoisotopic (exact) mass is 302 g/mol. The van der Waals surface area contributed by atoms with Crippen molar-refractivity contribution in [2.24, 2.45) is 11.3 Å². The topological polar surface area (TPSA) is 0 Å². The number of rotatable bonds is 1. The number of hydrogen-bond acceptors (Lipinski definition) is 0. The van der Waals surface area contributed by atoms with E-state index in [0.29, 0.717) is 5.92 Å². The molecule has 1 saturated carbocycles. The SMILES string of the molecule is C=CC1(C)CCC2C(=CC=C3C2=CC(C)(C)c2ccccc23)C1. The van der Waals surface area contributed by atoms with Gasteiger partial charge in [0, 0.05) is 11.3 Å². The zero-order chi connectivity index (χ0) is 16.2. The van der Waals surface area contributed by atoms with Crippen LogP contribution in [0.1, 0.15) is 51.2 Å². The summed E-state index contributed by atoms with van der Waals surface area (Å²) in [7, 11) is 0. The molecule has 2 atom stereocenters. The summed E-state index contributed by atoms with van der Waals surface area (Å²) >= 11 is 0. The van der Waals surface area contributed by atoms with Crippen molar-refractivity contribution < 1.29 is 0 Å². The highest BCUT2D eigenvalue weighted by Gasteiger charge is 2.39. The van der Waals surface area contributed by atoms with Crippen LogP contribution in [-0.2, 0) is 5.41 Å². The second-order valence-corrected chi connectivity index (χ2v) is 8.32. The second kappa shape index (κ2) is 4.84. The number of hydrogen-bond donors (Lipinski definition) is 0. The van der Waals surface area contributed by atoms with Crippen molar-refractivity contribution in [1.29, 1.82) is 0 Å². The molecule has 1 aromatic carbocycles. The van der Waals surface area contributed by atoms with Gasteiger partial charge in [-0.05, 0) is 47.0 Å². The van der Waals surface area contributed by atoms with Gasteiger partial charge in [-0.25, -0.2) is 0 Å². The van der Waals surface area contributed by atoms with Gasteiger partial charge in [0.1, 0.15) is 0 Å². The van der Waals surface area contributed by atoms with E-state index in [4.69, 9.17) is 0 Å². The zero-order valence-corrected chi connectivity index (χ0v) is 14.5. The van der Waals surface area contributed by atoms with E-state index in [1.165, 1.54) is 29.5 Å². The fourth-order valence-electron chi connectivity index (χ4n) is 4.69. The molecule has 0 heterocycles. The lowest BCUT2D eigenvalue weighted by Crippen LogP contribution is -2.30.